The fraction of sp³-hybridized carbons (Fsp3) is 0.333. The zero-order chi connectivity index (χ0) is 9.97. The van der Waals surface area contributed by atoms with E-state index in [1.54, 1.807) is 18.7 Å². The number of H-pyrrole nitrogens is 1. The molecule has 0 aliphatic heterocycles. The Morgan fingerprint density at radius 1 is 1.57 bits per heavy atom. The van der Waals surface area contributed by atoms with Gasteiger partial charge in [0.05, 0.1) is 24.7 Å². The topological polar surface area (TPSA) is 66.7 Å². The number of aromatic nitrogens is 4. The van der Waals surface area contributed by atoms with Crippen LogP contribution in [-0.2, 0) is 6.61 Å². The smallest absolute Gasteiger partial charge is 0.128 e. The first-order valence-corrected chi connectivity index (χ1v) is 4.43. The van der Waals surface area contributed by atoms with Crippen molar-refractivity contribution in [2.75, 3.05) is 0 Å². The number of aliphatic hydroxyl groups excluding tert-OH is 1. The maximum atomic E-state index is 8.86. The average molecular weight is 192 g/mol. The number of aromatic amines is 1. The predicted molar refractivity (Wildman–Crippen MR) is 50.6 cm³/mol. The second-order valence-electron chi connectivity index (χ2n) is 3.12. The van der Waals surface area contributed by atoms with Gasteiger partial charge in [-0.3, -0.25) is 0 Å². The third-order valence-electron chi connectivity index (χ3n) is 2.18. The third kappa shape index (κ3) is 1.54. The molecule has 0 aliphatic carbocycles. The van der Waals surface area contributed by atoms with E-state index >= 15 is 0 Å². The fourth-order valence-electron chi connectivity index (χ4n) is 1.32. The van der Waals surface area contributed by atoms with E-state index in [1.165, 1.54) is 0 Å². The van der Waals surface area contributed by atoms with Gasteiger partial charge in [-0.25, -0.2) is 9.97 Å². The molecule has 2 heterocycles. The van der Waals surface area contributed by atoms with Gasteiger partial charge < -0.3 is 14.7 Å². The molecule has 0 saturated heterocycles. The van der Waals surface area contributed by atoms with Crippen molar-refractivity contribution in [3.05, 3.63) is 36.4 Å². The second-order valence-corrected chi connectivity index (χ2v) is 3.12. The minimum atomic E-state index is -0.0299. The molecule has 2 N–H and O–H groups in total. The zero-order valence-electron chi connectivity index (χ0n) is 7.88. The van der Waals surface area contributed by atoms with E-state index in [0.717, 1.165) is 5.82 Å². The van der Waals surface area contributed by atoms with Crippen molar-refractivity contribution in [2.45, 2.75) is 19.6 Å². The van der Waals surface area contributed by atoms with Crippen molar-refractivity contribution in [3.8, 4) is 0 Å². The van der Waals surface area contributed by atoms with Gasteiger partial charge in [0.1, 0.15) is 5.82 Å². The molecule has 0 bridgehead atoms. The molecule has 2 aromatic rings. The van der Waals surface area contributed by atoms with Gasteiger partial charge in [0.2, 0.25) is 0 Å². The third-order valence-corrected chi connectivity index (χ3v) is 2.18. The Labute approximate surface area is 81.4 Å². The van der Waals surface area contributed by atoms with Crippen LogP contribution in [0.4, 0.5) is 0 Å². The molecule has 5 heteroatoms. The summed E-state index contributed by atoms with van der Waals surface area (Å²) >= 11 is 0. The Kier molecular flexibility index (Phi) is 2.32. The van der Waals surface area contributed by atoms with Crippen molar-refractivity contribution in [1.29, 1.82) is 0 Å². The monoisotopic (exact) mass is 192 g/mol. The number of rotatable bonds is 3. The van der Waals surface area contributed by atoms with Crippen LogP contribution in [0.1, 0.15) is 24.5 Å². The molecule has 0 fully saturated rings. The van der Waals surface area contributed by atoms with E-state index < -0.39 is 0 Å². The van der Waals surface area contributed by atoms with Crippen LogP contribution in [0, 0.1) is 0 Å². The van der Waals surface area contributed by atoms with Crippen LogP contribution in [0.5, 0.6) is 0 Å². The number of aliphatic hydroxyl groups is 1. The molecule has 2 aromatic heterocycles. The molecule has 1 atom stereocenters. The molecule has 0 amide bonds. The van der Waals surface area contributed by atoms with Crippen LogP contribution >= 0.6 is 0 Å². The van der Waals surface area contributed by atoms with Crippen molar-refractivity contribution in [1.82, 2.24) is 19.5 Å². The summed E-state index contributed by atoms with van der Waals surface area (Å²) in [5, 5.41) is 8.86. The molecule has 0 aliphatic rings. The number of nitrogens with zero attached hydrogens (tertiary/aromatic N) is 3. The summed E-state index contributed by atoms with van der Waals surface area (Å²) in [5.74, 6) is 0.881. The van der Waals surface area contributed by atoms with Gasteiger partial charge in [-0.15, -0.1) is 0 Å². The minimum absolute atomic E-state index is 0.0299. The summed E-state index contributed by atoms with van der Waals surface area (Å²) in [6, 6.07) is 0.109. The number of nitrogens with one attached hydrogen (secondary N) is 1. The van der Waals surface area contributed by atoms with E-state index in [9.17, 15) is 0 Å². The molecule has 0 spiro atoms. The highest BCUT2D eigenvalue weighted by Crippen LogP contribution is 2.13. The van der Waals surface area contributed by atoms with Gasteiger partial charge in [0.15, 0.2) is 0 Å². The largest absolute Gasteiger partial charge is 0.390 e. The first kappa shape index (κ1) is 8.96. The maximum absolute atomic E-state index is 8.86. The molecule has 0 aromatic carbocycles. The van der Waals surface area contributed by atoms with Gasteiger partial charge in [-0.1, -0.05) is 0 Å². The summed E-state index contributed by atoms with van der Waals surface area (Å²) in [4.78, 5) is 11.2. The van der Waals surface area contributed by atoms with Crippen LogP contribution in [0.3, 0.4) is 0 Å². The Hall–Kier alpha value is -1.62. The van der Waals surface area contributed by atoms with Crippen molar-refractivity contribution in [3.63, 3.8) is 0 Å². The molecule has 0 radical (unpaired) electrons. The summed E-state index contributed by atoms with van der Waals surface area (Å²) < 4.78 is 1.91. The van der Waals surface area contributed by atoms with E-state index in [2.05, 4.69) is 15.0 Å². The first-order chi connectivity index (χ1) is 6.81. The Morgan fingerprint density at radius 2 is 2.43 bits per heavy atom. The molecule has 1 unspecified atom stereocenters. The molecular weight excluding hydrogens is 180 g/mol. The van der Waals surface area contributed by atoms with Crippen LogP contribution in [0.2, 0.25) is 0 Å². The lowest BCUT2D eigenvalue weighted by Crippen LogP contribution is -2.05. The predicted octanol–water partition coefficient (Wildman–Crippen LogP) is 0.708. The van der Waals surface area contributed by atoms with Gasteiger partial charge in [0, 0.05) is 18.6 Å². The maximum Gasteiger partial charge on any atom is 0.128 e. The fourth-order valence-corrected chi connectivity index (χ4v) is 1.32. The van der Waals surface area contributed by atoms with Gasteiger partial charge in [-0.2, -0.15) is 0 Å². The van der Waals surface area contributed by atoms with Gasteiger partial charge in [0.25, 0.3) is 0 Å². The van der Waals surface area contributed by atoms with Crippen molar-refractivity contribution in [2.24, 2.45) is 0 Å². The molecule has 14 heavy (non-hydrogen) atoms. The van der Waals surface area contributed by atoms with E-state index in [1.807, 2.05) is 17.7 Å². The lowest BCUT2D eigenvalue weighted by Gasteiger charge is -2.09. The number of imidazole rings is 2. The Balaban J connectivity index is 2.23. The highest BCUT2D eigenvalue weighted by atomic mass is 16.3. The molecule has 0 saturated carbocycles. The summed E-state index contributed by atoms with van der Waals surface area (Å²) in [5.41, 5.74) is 0.670. The average Bonchev–Trinajstić information content (AvgIpc) is 2.88. The standard InChI is InChI=1S/C9H12N4O/c1-7(9-10-2-3-11-9)13-4-8(5-14)12-6-13/h2-4,6-7,14H,5H2,1H3,(H,10,11). The van der Waals surface area contributed by atoms with Crippen molar-refractivity contribution >= 4 is 0 Å². The van der Waals surface area contributed by atoms with E-state index in [-0.39, 0.29) is 12.6 Å². The Bertz CT molecular complexity index is 393. The van der Waals surface area contributed by atoms with Crippen LogP contribution in [0.15, 0.2) is 24.9 Å². The molecule has 74 valence electrons. The van der Waals surface area contributed by atoms with Crippen LogP contribution in [-0.4, -0.2) is 24.6 Å². The number of hydrogen-bond donors (Lipinski definition) is 2. The van der Waals surface area contributed by atoms with E-state index in [0.29, 0.717) is 5.69 Å². The van der Waals surface area contributed by atoms with Crippen LogP contribution in [0.25, 0.3) is 0 Å². The van der Waals surface area contributed by atoms with Crippen molar-refractivity contribution < 1.29 is 5.11 Å². The summed E-state index contributed by atoms with van der Waals surface area (Å²) in [6.07, 6.45) is 7.01. The highest BCUT2D eigenvalue weighted by Gasteiger charge is 2.09. The first-order valence-electron chi connectivity index (χ1n) is 4.43. The summed E-state index contributed by atoms with van der Waals surface area (Å²) in [6.45, 7) is 1.99. The van der Waals surface area contributed by atoms with Gasteiger partial charge >= 0.3 is 0 Å². The van der Waals surface area contributed by atoms with E-state index in [4.69, 9.17) is 5.11 Å². The SMILES string of the molecule is CC(c1ncc[nH]1)n1cnc(CO)c1. The minimum Gasteiger partial charge on any atom is -0.390 e. The quantitative estimate of drug-likeness (QED) is 0.752. The molecular formula is C9H12N4O. The molecule has 2 rings (SSSR count). The normalized spacial score (nSPS) is 13.0. The Morgan fingerprint density at radius 3 is 3.00 bits per heavy atom. The lowest BCUT2D eigenvalue weighted by atomic mass is 10.3. The highest BCUT2D eigenvalue weighted by molar-refractivity contribution is 5.02. The molecule has 5 nitrogen and oxygen atoms in total. The second kappa shape index (κ2) is 3.63. The summed E-state index contributed by atoms with van der Waals surface area (Å²) in [7, 11) is 0. The van der Waals surface area contributed by atoms with Gasteiger partial charge in [-0.05, 0) is 6.92 Å². The zero-order valence-corrected chi connectivity index (χ0v) is 7.88. The number of hydrogen-bond acceptors (Lipinski definition) is 3. The lowest BCUT2D eigenvalue weighted by molar-refractivity contribution is 0.277. The van der Waals surface area contributed by atoms with Crippen LogP contribution < -0.4 is 0 Å².